The summed E-state index contributed by atoms with van der Waals surface area (Å²) >= 11 is 0. The summed E-state index contributed by atoms with van der Waals surface area (Å²) in [5.74, 6) is 0.601. The van der Waals surface area contributed by atoms with Gasteiger partial charge in [0.05, 0.1) is 12.5 Å². The van der Waals surface area contributed by atoms with Gasteiger partial charge in [0.15, 0.2) is 0 Å². The van der Waals surface area contributed by atoms with E-state index in [1.807, 2.05) is 19.1 Å². The number of hydrogen-bond donors (Lipinski definition) is 0. The highest BCUT2D eigenvalue weighted by Crippen LogP contribution is 2.40. The standard InChI is InChI=1S/C23H33F3O2/c1-3-28-22(27)21-18-20(21)16-12-7-5-4-6-10-14-19(2)15-11-8-9-13-17-23(24,25)26/h4-5,10-12,14-16,19-21H,3,6-9,13,17-18H2,1-2H3/b5-4-,14-10-,15-11-,16-12-. The van der Waals surface area contributed by atoms with Crippen molar-refractivity contribution in [1.29, 1.82) is 0 Å². The van der Waals surface area contributed by atoms with Crippen molar-refractivity contribution < 1.29 is 22.7 Å². The van der Waals surface area contributed by atoms with Gasteiger partial charge in [-0.2, -0.15) is 13.2 Å². The molecule has 0 aliphatic heterocycles. The van der Waals surface area contributed by atoms with Gasteiger partial charge in [-0.15, -0.1) is 0 Å². The Kier molecular flexibility index (Phi) is 11.6. The Morgan fingerprint density at radius 3 is 2.43 bits per heavy atom. The number of halogens is 3. The smallest absolute Gasteiger partial charge is 0.389 e. The van der Waals surface area contributed by atoms with Gasteiger partial charge in [0, 0.05) is 6.42 Å². The van der Waals surface area contributed by atoms with E-state index in [1.165, 1.54) is 0 Å². The number of carbonyl (C=O) groups is 1. The summed E-state index contributed by atoms with van der Waals surface area (Å²) in [6, 6.07) is 0. The van der Waals surface area contributed by atoms with E-state index in [2.05, 4.69) is 43.4 Å². The zero-order chi connectivity index (χ0) is 20.8. The highest BCUT2D eigenvalue weighted by molar-refractivity contribution is 5.76. The topological polar surface area (TPSA) is 26.3 Å². The lowest BCUT2D eigenvalue weighted by molar-refractivity contribution is -0.144. The molecule has 158 valence electrons. The monoisotopic (exact) mass is 398 g/mol. The number of carbonyl (C=O) groups excluding carboxylic acids is 1. The second kappa shape index (κ2) is 13.4. The molecule has 0 saturated heterocycles. The molecule has 0 bridgehead atoms. The lowest BCUT2D eigenvalue weighted by atomic mass is 10.1. The van der Waals surface area contributed by atoms with Gasteiger partial charge in [0.1, 0.15) is 0 Å². The molecule has 1 aliphatic carbocycles. The van der Waals surface area contributed by atoms with Crippen LogP contribution in [0.25, 0.3) is 0 Å². The molecule has 0 aromatic heterocycles. The molecule has 0 spiro atoms. The normalized spacial score (nSPS) is 21.3. The zero-order valence-corrected chi connectivity index (χ0v) is 17.0. The van der Waals surface area contributed by atoms with Crippen molar-refractivity contribution in [2.45, 2.75) is 65.0 Å². The van der Waals surface area contributed by atoms with E-state index in [9.17, 15) is 18.0 Å². The van der Waals surface area contributed by atoms with Crippen molar-refractivity contribution >= 4 is 5.97 Å². The van der Waals surface area contributed by atoms with E-state index in [0.29, 0.717) is 25.4 Å². The Morgan fingerprint density at radius 1 is 1.07 bits per heavy atom. The molecule has 1 fully saturated rings. The molecular weight excluding hydrogens is 365 g/mol. The van der Waals surface area contributed by atoms with Crippen LogP contribution in [0.5, 0.6) is 0 Å². The fourth-order valence-corrected chi connectivity index (χ4v) is 2.81. The van der Waals surface area contributed by atoms with Gasteiger partial charge >= 0.3 is 12.1 Å². The molecular formula is C23H33F3O2. The second-order valence-corrected chi connectivity index (χ2v) is 7.21. The van der Waals surface area contributed by atoms with Crippen LogP contribution in [0.1, 0.15) is 58.8 Å². The molecule has 0 amide bonds. The van der Waals surface area contributed by atoms with Crippen LogP contribution >= 0.6 is 0 Å². The highest BCUT2D eigenvalue weighted by Gasteiger charge is 2.42. The Bertz CT molecular complexity index is 559. The maximum Gasteiger partial charge on any atom is 0.389 e. The summed E-state index contributed by atoms with van der Waals surface area (Å²) in [4.78, 5) is 11.5. The van der Waals surface area contributed by atoms with Crippen molar-refractivity contribution in [2.75, 3.05) is 6.61 Å². The van der Waals surface area contributed by atoms with Crippen LogP contribution in [0.2, 0.25) is 0 Å². The minimum Gasteiger partial charge on any atom is -0.466 e. The zero-order valence-electron chi connectivity index (χ0n) is 17.0. The van der Waals surface area contributed by atoms with E-state index in [1.54, 1.807) is 0 Å². The van der Waals surface area contributed by atoms with Gasteiger partial charge in [-0.3, -0.25) is 4.79 Å². The van der Waals surface area contributed by atoms with E-state index in [-0.39, 0.29) is 24.2 Å². The summed E-state index contributed by atoms with van der Waals surface area (Å²) in [6.07, 6.45) is 15.9. The predicted octanol–water partition coefficient (Wildman–Crippen LogP) is 6.95. The number of alkyl halides is 3. The maximum atomic E-state index is 12.0. The fraction of sp³-hybridized carbons (Fsp3) is 0.609. The van der Waals surface area contributed by atoms with E-state index >= 15 is 0 Å². The van der Waals surface area contributed by atoms with Crippen molar-refractivity contribution in [2.24, 2.45) is 17.8 Å². The van der Waals surface area contributed by atoms with Crippen LogP contribution in [-0.2, 0) is 9.53 Å². The quantitative estimate of drug-likeness (QED) is 0.191. The molecule has 28 heavy (non-hydrogen) atoms. The van der Waals surface area contributed by atoms with E-state index in [0.717, 1.165) is 19.3 Å². The van der Waals surface area contributed by atoms with Crippen LogP contribution in [0.3, 0.4) is 0 Å². The molecule has 0 aromatic carbocycles. The van der Waals surface area contributed by atoms with Crippen LogP contribution < -0.4 is 0 Å². The molecule has 5 heteroatoms. The summed E-state index contributed by atoms with van der Waals surface area (Å²) in [5, 5.41) is 0. The number of allylic oxidation sites excluding steroid dienone is 8. The van der Waals surface area contributed by atoms with Gasteiger partial charge in [-0.25, -0.2) is 0 Å². The first-order valence-corrected chi connectivity index (χ1v) is 10.2. The van der Waals surface area contributed by atoms with E-state index < -0.39 is 12.6 Å². The van der Waals surface area contributed by atoms with Crippen LogP contribution in [0.4, 0.5) is 13.2 Å². The first-order chi connectivity index (χ1) is 13.3. The predicted molar refractivity (Wildman–Crippen MR) is 108 cm³/mol. The second-order valence-electron chi connectivity index (χ2n) is 7.21. The number of hydrogen-bond acceptors (Lipinski definition) is 2. The number of esters is 1. The SMILES string of the molecule is CCOC(=O)C1CC1/C=C\C/C=C\C/C=C\C(C)/C=C\CCCCC(F)(F)F. The Balaban J connectivity index is 2.05. The number of rotatable bonds is 13. The van der Waals surface area contributed by atoms with Crippen molar-refractivity contribution in [3.8, 4) is 0 Å². The lowest BCUT2D eigenvalue weighted by Crippen LogP contribution is -2.06. The summed E-state index contributed by atoms with van der Waals surface area (Å²) in [5.41, 5.74) is 0. The van der Waals surface area contributed by atoms with Crippen molar-refractivity contribution in [3.05, 3.63) is 48.6 Å². The van der Waals surface area contributed by atoms with Crippen LogP contribution in [0, 0.1) is 17.8 Å². The Labute approximate surface area is 167 Å². The first kappa shape index (κ1) is 24.3. The summed E-state index contributed by atoms with van der Waals surface area (Å²) in [7, 11) is 0. The molecule has 1 aliphatic rings. The molecule has 0 radical (unpaired) electrons. The fourth-order valence-electron chi connectivity index (χ4n) is 2.81. The van der Waals surface area contributed by atoms with Crippen LogP contribution in [-0.4, -0.2) is 18.8 Å². The third-order valence-electron chi connectivity index (χ3n) is 4.48. The maximum absolute atomic E-state index is 12.0. The van der Waals surface area contributed by atoms with Crippen molar-refractivity contribution in [1.82, 2.24) is 0 Å². The first-order valence-electron chi connectivity index (χ1n) is 10.2. The number of unbranched alkanes of at least 4 members (excludes halogenated alkanes) is 2. The molecule has 0 N–H and O–H groups in total. The van der Waals surface area contributed by atoms with E-state index in [4.69, 9.17) is 4.74 Å². The number of ether oxygens (including phenoxy) is 1. The lowest BCUT2D eigenvalue weighted by Gasteiger charge is -2.04. The van der Waals surface area contributed by atoms with Gasteiger partial charge in [0.25, 0.3) is 0 Å². The summed E-state index contributed by atoms with van der Waals surface area (Å²) in [6.45, 7) is 4.33. The third-order valence-corrected chi connectivity index (χ3v) is 4.48. The third kappa shape index (κ3) is 12.6. The largest absolute Gasteiger partial charge is 0.466 e. The summed E-state index contributed by atoms with van der Waals surface area (Å²) < 4.78 is 41.1. The van der Waals surface area contributed by atoms with Crippen LogP contribution in [0.15, 0.2) is 48.6 Å². The molecule has 3 unspecified atom stereocenters. The van der Waals surface area contributed by atoms with Gasteiger partial charge in [0.2, 0.25) is 0 Å². The van der Waals surface area contributed by atoms with Gasteiger partial charge in [-0.05, 0) is 57.3 Å². The molecule has 3 atom stereocenters. The van der Waals surface area contributed by atoms with Crippen molar-refractivity contribution in [3.63, 3.8) is 0 Å². The molecule has 2 nitrogen and oxygen atoms in total. The minimum absolute atomic E-state index is 0.0577. The highest BCUT2D eigenvalue weighted by atomic mass is 19.4. The molecule has 0 heterocycles. The average Bonchev–Trinajstić information content (AvgIpc) is 3.39. The molecule has 1 saturated carbocycles. The van der Waals surface area contributed by atoms with Gasteiger partial charge in [-0.1, -0.05) is 55.5 Å². The van der Waals surface area contributed by atoms with Gasteiger partial charge < -0.3 is 4.74 Å². The molecule has 0 aromatic rings. The Morgan fingerprint density at radius 2 is 1.75 bits per heavy atom. The Hall–Kier alpha value is -1.78. The average molecular weight is 399 g/mol. The minimum atomic E-state index is -4.04. The molecule has 1 rings (SSSR count).